The van der Waals surface area contributed by atoms with Crippen LogP contribution in [0.25, 0.3) is 0 Å². The molecule has 2 aliphatic heterocycles. The van der Waals surface area contributed by atoms with E-state index < -0.39 is 43.8 Å². The first-order chi connectivity index (χ1) is 11.1. The molecule has 1 aromatic rings. The number of carboxylic acids is 1. The Morgan fingerprint density at radius 2 is 2.21 bits per heavy atom. The van der Waals surface area contributed by atoms with Crippen molar-refractivity contribution in [1.29, 1.82) is 0 Å². The number of carboxylic acid groups (broad SMARTS) is 1. The van der Waals surface area contributed by atoms with E-state index in [1.807, 2.05) is 0 Å². The lowest BCUT2D eigenvalue weighted by Crippen LogP contribution is -2.58. The van der Waals surface area contributed by atoms with Crippen molar-refractivity contribution in [2.75, 3.05) is 0 Å². The van der Waals surface area contributed by atoms with E-state index in [0.717, 1.165) is 4.90 Å². The van der Waals surface area contributed by atoms with Crippen molar-refractivity contribution in [1.82, 2.24) is 14.8 Å². The van der Waals surface area contributed by atoms with Crippen LogP contribution in [0.15, 0.2) is 12.4 Å². The van der Waals surface area contributed by atoms with E-state index in [-0.39, 0.29) is 19.5 Å². The summed E-state index contributed by atoms with van der Waals surface area (Å²) in [6.45, 7) is 0.844. The van der Waals surface area contributed by atoms with Gasteiger partial charge in [-0.15, -0.1) is 9.36 Å². The van der Waals surface area contributed by atoms with Gasteiger partial charge >= 0.3 is 5.97 Å². The molecule has 0 unspecified atom stereocenters. The Hall–Kier alpha value is -2.50. The molecular weight excluding hydrogens is 342 g/mol. The Morgan fingerprint density at radius 3 is 2.75 bits per heavy atom. The minimum absolute atomic E-state index is 0.188. The van der Waals surface area contributed by atoms with Crippen LogP contribution in [-0.2, 0) is 37.3 Å². The molecule has 0 bridgehead atoms. The molecule has 0 spiro atoms. The molecule has 0 aromatic carbocycles. The first kappa shape index (κ1) is 16.4. The number of carbonyl (C=O) groups excluding carboxylic acids is 2. The lowest BCUT2D eigenvalue weighted by molar-refractivity contribution is -0.743. The molecule has 3 atom stereocenters. The van der Waals surface area contributed by atoms with Crippen molar-refractivity contribution in [2.24, 2.45) is 5.73 Å². The second-order valence-corrected chi connectivity index (χ2v) is 8.67. The van der Waals surface area contributed by atoms with Gasteiger partial charge in [-0.2, -0.15) is 0 Å². The van der Waals surface area contributed by atoms with Crippen LogP contribution in [0.3, 0.4) is 0 Å². The maximum absolute atomic E-state index is 12.7. The molecule has 0 aliphatic carbocycles. The Kier molecular flexibility index (Phi) is 3.41. The van der Waals surface area contributed by atoms with Gasteiger partial charge in [-0.25, -0.2) is 13.2 Å². The van der Waals surface area contributed by atoms with E-state index in [9.17, 15) is 27.9 Å². The maximum Gasteiger partial charge on any atom is 0.328 e. The smallest absolute Gasteiger partial charge is 0.328 e. The number of nitrogens with zero attached hydrogens (tertiary/aromatic N) is 4. The van der Waals surface area contributed by atoms with Gasteiger partial charge in [0.25, 0.3) is 5.91 Å². The zero-order valence-corrected chi connectivity index (χ0v) is 13.5. The number of carbonyl (C=O) groups is 3. The van der Waals surface area contributed by atoms with Crippen molar-refractivity contribution >= 4 is 27.6 Å². The fourth-order valence-electron chi connectivity index (χ4n) is 3.30. The SMILES string of the molecule is C[C@@]1(Cn2cc[n+](CC(N)=O)n2)[C@@H](C(=O)O)N2C(=O)C[C@H]2S1(=O)=O. The third-order valence-corrected chi connectivity index (χ3v) is 7.24. The minimum Gasteiger partial charge on any atom is -0.480 e. The van der Waals surface area contributed by atoms with Gasteiger partial charge in [0.05, 0.1) is 11.6 Å². The standard InChI is InChI=1S/C12H15N5O6S/c1-12(6-16-3-2-15(14-16)5-7(13)18)10(11(20)21)17-8(19)4-9(17)24(12,22)23/h2-3,9-10H,4-6H2,1H3,(H2-,13,18,20,21)/p+1/t9-,10-,12-/m1/s1. The number of sulfone groups is 1. The molecule has 2 fully saturated rings. The van der Waals surface area contributed by atoms with E-state index >= 15 is 0 Å². The summed E-state index contributed by atoms with van der Waals surface area (Å²) in [7, 11) is -3.90. The number of hydrogen-bond donors (Lipinski definition) is 2. The van der Waals surface area contributed by atoms with Crippen molar-refractivity contribution in [3.8, 4) is 0 Å². The fraction of sp³-hybridized carbons (Fsp3) is 0.583. The Morgan fingerprint density at radius 1 is 1.54 bits per heavy atom. The lowest BCUT2D eigenvalue weighted by atomic mass is 9.96. The molecular formula is C12H16N5O6S+. The highest BCUT2D eigenvalue weighted by Gasteiger charge is 2.71. The van der Waals surface area contributed by atoms with Gasteiger partial charge in [-0.1, -0.05) is 0 Å². The van der Waals surface area contributed by atoms with Crippen LogP contribution >= 0.6 is 0 Å². The third kappa shape index (κ3) is 2.09. The Bertz CT molecular complexity index is 848. The summed E-state index contributed by atoms with van der Waals surface area (Å²) in [6, 6.07) is -1.48. The summed E-state index contributed by atoms with van der Waals surface area (Å²) in [5.74, 6) is -2.50. The predicted molar refractivity (Wildman–Crippen MR) is 75.6 cm³/mol. The number of primary amides is 1. The monoisotopic (exact) mass is 358 g/mol. The summed E-state index contributed by atoms with van der Waals surface area (Å²) in [5, 5.41) is 12.3. The number of rotatable bonds is 5. The van der Waals surface area contributed by atoms with Crippen LogP contribution in [0.5, 0.6) is 0 Å². The van der Waals surface area contributed by atoms with Gasteiger partial charge in [-0.3, -0.25) is 9.59 Å². The number of nitrogens with two attached hydrogens (primary N) is 1. The molecule has 2 amide bonds. The highest BCUT2D eigenvalue weighted by molar-refractivity contribution is 7.93. The molecule has 1 aromatic heterocycles. The zero-order chi connectivity index (χ0) is 17.9. The summed E-state index contributed by atoms with van der Waals surface area (Å²) in [6.07, 6.45) is 2.63. The summed E-state index contributed by atoms with van der Waals surface area (Å²) < 4.78 is 26.2. The lowest BCUT2D eigenvalue weighted by Gasteiger charge is -2.35. The molecule has 0 saturated carbocycles. The minimum atomic E-state index is -3.90. The first-order valence-electron chi connectivity index (χ1n) is 7.07. The van der Waals surface area contributed by atoms with Gasteiger partial charge in [0.15, 0.2) is 34.8 Å². The zero-order valence-electron chi connectivity index (χ0n) is 12.7. The fourth-order valence-corrected chi connectivity index (χ4v) is 5.66. The first-order valence-corrected chi connectivity index (χ1v) is 8.61. The van der Waals surface area contributed by atoms with E-state index in [1.54, 1.807) is 0 Å². The molecule has 2 saturated heterocycles. The number of aromatic nitrogens is 3. The molecule has 11 nitrogen and oxygen atoms in total. The van der Waals surface area contributed by atoms with Crippen molar-refractivity contribution in [3.63, 3.8) is 0 Å². The second kappa shape index (κ2) is 5.00. The predicted octanol–water partition coefficient (Wildman–Crippen LogP) is -3.15. The molecule has 130 valence electrons. The topological polar surface area (TPSA) is 157 Å². The van der Waals surface area contributed by atoms with Gasteiger partial charge in [0.2, 0.25) is 5.91 Å². The molecule has 3 heterocycles. The second-order valence-electron chi connectivity index (χ2n) is 6.11. The quantitative estimate of drug-likeness (QED) is 0.416. The van der Waals surface area contributed by atoms with Gasteiger partial charge < -0.3 is 15.7 Å². The molecule has 3 rings (SSSR count). The largest absolute Gasteiger partial charge is 0.480 e. The van der Waals surface area contributed by atoms with Crippen LogP contribution in [0, 0.1) is 0 Å². The average Bonchev–Trinajstić information content (AvgIpc) is 2.91. The van der Waals surface area contributed by atoms with E-state index in [1.165, 1.54) is 28.7 Å². The average molecular weight is 358 g/mol. The van der Waals surface area contributed by atoms with Crippen molar-refractivity contribution < 1.29 is 32.6 Å². The van der Waals surface area contributed by atoms with E-state index in [2.05, 4.69) is 5.21 Å². The normalized spacial score (nSPS) is 30.7. The van der Waals surface area contributed by atoms with Crippen LogP contribution in [0.2, 0.25) is 0 Å². The number of β-lactam (4-membered cyclic amide) rings is 1. The summed E-state index contributed by atoms with van der Waals surface area (Å²) >= 11 is 0. The van der Waals surface area contributed by atoms with Crippen LogP contribution in [0.4, 0.5) is 0 Å². The Balaban J connectivity index is 1.97. The summed E-state index contributed by atoms with van der Waals surface area (Å²) in [4.78, 5) is 35.1. The number of aliphatic carboxylic acids is 1. The van der Waals surface area contributed by atoms with Crippen molar-refractivity contribution in [3.05, 3.63) is 12.4 Å². The van der Waals surface area contributed by atoms with E-state index in [4.69, 9.17) is 5.73 Å². The van der Waals surface area contributed by atoms with Crippen molar-refractivity contribution in [2.45, 2.75) is 42.6 Å². The highest BCUT2D eigenvalue weighted by atomic mass is 32.2. The summed E-state index contributed by atoms with van der Waals surface area (Å²) in [5.41, 5.74) is 5.06. The van der Waals surface area contributed by atoms with Gasteiger partial charge in [0, 0.05) is 0 Å². The molecule has 3 N–H and O–H groups in total. The molecule has 2 aliphatic rings. The third-order valence-electron chi connectivity index (χ3n) is 4.48. The Labute approximate surface area is 136 Å². The maximum atomic E-state index is 12.7. The number of hydrogen-bond acceptors (Lipinski definition) is 6. The molecule has 12 heteroatoms. The van der Waals surface area contributed by atoms with Crippen LogP contribution in [-0.4, -0.2) is 62.3 Å². The van der Waals surface area contributed by atoms with Gasteiger partial charge in [0.1, 0.15) is 16.7 Å². The molecule has 24 heavy (non-hydrogen) atoms. The number of amides is 2. The van der Waals surface area contributed by atoms with Crippen LogP contribution < -0.4 is 10.4 Å². The number of fused-ring (bicyclic) bond motifs is 1. The van der Waals surface area contributed by atoms with Gasteiger partial charge in [-0.05, 0) is 6.92 Å². The molecule has 0 radical (unpaired) electrons. The van der Waals surface area contributed by atoms with E-state index in [0.29, 0.717) is 0 Å². The van der Waals surface area contributed by atoms with Crippen LogP contribution in [0.1, 0.15) is 13.3 Å². The highest BCUT2D eigenvalue weighted by Crippen LogP contribution is 2.46.